The largest absolute Gasteiger partial charge is 0.343 e. The highest BCUT2D eigenvalue weighted by Gasteiger charge is 2.20. The second-order valence-electron chi connectivity index (χ2n) is 6.77. The lowest BCUT2D eigenvalue weighted by Gasteiger charge is -2.11. The highest BCUT2D eigenvalue weighted by atomic mass is 16.2. The SMILES string of the molecule is Cc1cccc(NC(=O)CNC(=O)c2c(C)nn(-c3ccccc3)c2C)c1C. The van der Waals surface area contributed by atoms with Gasteiger partial charge in [-0.2, -0.15) is 5.10 Å². The summed E-state index contributed by atoms with van der Waals surface area (Å²) in [5.41, 5.74) is 5.59. The van der Waals surface area contributed by atoms with E-state index in [-0.39, 0.29) is 18.4 Å². The van der Waals surface area contributed by atoms with Crippen LogP contribution in [-0.2, 0) is 4.79 Å². The molecule has 0 aliphatic carbocycles. The molecule has 0 fully saturated rings. The maximum absolute atomic E-state index is 12.7. The second kappa shape index (κ2) is 8.08. The van der Waals surface area contributed by atoms with Crippen LogP contribution in [0.15, 0.2) is 48.5 Å². The summed E-state index contributed by atoms with van der Waals surface area (Å²) < 4.78 is 1.74. The first-order valence-electron chi connectivity index (χ1n) is 9.14. The Morgan fingerprint density at radius 3 is 2.39 bits per heavy atom. The number of carbonyl (C=O) groups is 2. The molecule has 28 heavy (non-hydrogen) atoms. The number of hydrogen-bond acceptors (Lipinski definition) is 3. The molecule has 0 spiro atoms. The van der Waals surface area contributed by atoms with E-state index in [9.17, 15) is 9.59 Å². The molecule has 3 rings (SSSR count). The van der Waals surface area contributed by atoms with Crippen LogP contribution in [0.5, 0.6) is 0 Å². The first-order chi connectivity index (χ1) is 13.4. The number of aromatic nitrogens is 2. The summed E-state index contributed by atoms with van der Waals surface area (Å²) in [5.74, 6) is -0.582. The van der Waals surface area contributed by atoms with Gasteiger partial charge in [-0.05, 0) is 57.0 Å². The number of anilines is 1. The number of nitrogens with one attached hydrogen (secondary N) is 2. The van der Waals surface area contributed by atoms with Crippen molar-refractivity contribution in [1.82, 2.24) is 15.1 Å². The molecule has 3 aromatic rings. The molecule has 0 radical (unpaired) electrons. The minimum Gasteiger partial charge on any atom is -0.343 e. The van der Waals surface area contributed by atoms with E-state index < -0.39 is 0 Å². The highest BCUT2D eigenvalue weighted by molar-refractivity contribution is 6.00. The maximum atomic E-state index is 12.7. The number of rotatable bonds is 5. The molecule has 0 atom stereocenters. The van der Waals surface area contributed by atoms with E-state index >= 15 is 0 Å². The Morgan fingerprint density at radius 2 is 1.68 bits per heavy atom. The Bertz CT molecular complexity index is 1020. The third kappa shape index (κ3) is 3.96. The molecule has 0 saturated carbocycles. The van der Waals surface area contributed by atoms with Crippen LogP contribution in [0.25, 0.3) is 5.69 Å². The molecular weight excluding hydrogens is 352 g/mol. The van der Waals surface area contributed by atoms with Gasteiger partial charge in [-0.25, -0.2) is 4.68 Å². The standard InChI is InChI=1S/C22H24N4O2/c1-14-9-8-12-19(15(14)2)24-20(27)13-23-22(28)21-16(3)25-26(17(21)4)18-10-6-5-7-11-18/h5-12H,13H2,1-4H3,(H,23,28)(H,24,27). The Labute approximate surface area is 164 Å². The zero-order chi connectivity index (χ0) is 20.3. The number of nitrogens with zero attached hydrogens (tertiary/aromatic N) is 2. The second-order valence-corrected chi connectivity index (χ2v) is 6.77. The van der Waals surface area contributed by atoms with Gasteiger partial charge in [-0.1, -0.05) is 30.3 Å². The van der Waals surface area contributed by atoms with Crippen LogP contribution in [0.1, 0.15) is 32.9 Å². The van der Waals surface area contributed by atoms with Gasteiger partial charge >= 0.3 is 0 Å². The summed E-state index contributed by atoms with van der Waals surface area (Å²) in [7, 11) is 0. The number of para-hydroxylation sites is 1. The lowest BCUT2D eigenvalue weighted by molar-refractivity contribution is -0.115. The molecule has 0 aliphatic rings. The van der Waals surface area contributed by atoms with Gasteiger partial charge in [0.05, 0.1) is 29.2 Å². The first-order valence-corrected chi connectivity index (χ1v) is 9.14. The molecule has 0 unspecified atom stereocenters. The van der Waals surface area contributed by atoms with Gasteiger partial charge in [0, 0.05) is 5.69 Å². The predicted octanol–water partition coefficient (Wildman–Crippen LogP) is 3.47. The topological polar surface area (TPSA) is 76.0 Å². The fourth-order valence-corrected chi connectivity index (χ4v) is 3.12. The Kier molecular flexibility index (Phi) is 5.59. The van der Waals surface area contributed by atoms with Crippen molar-refractivity contribution in [2.45, 2.75) is 27.7 Å². The Hall–Kier alpha value is -3.41. The molecule has 0 aliphatic heterocycles. The smallest absolute Gasteiger partial charge is 0.255 e. The molecule has 0 saturated heterocycles. The van der Waals surface area contributed by atoms with E-state index in [0.717, 1.165) is 28.2 Å². The van der Waals surface area contributed by atoms with Crippen molar-refractivity contribution >= 4 is 17.5 Å². The fraction of sp³-hybridized carbons (Fsp3) is 0.227. The summed E-state index contributed by atoms with van der Waals surface area (Å²) >= 11 is 0. The van der Waals surface area contributed by atoms with E-state index in [1.807, 2.05) is 69.3 Å². The van der Waals surface area contributed by atoms with Gasteiger partial charge < -0.3 is 10.6 Å². The number of aryl methyl sites for hydroxylation is 2. The van der Waals surface area contributed by atoms with Crippen molar-refractivity contribution in [3.05, 3.63) is 76.6 Å². The zero-order valence-corrected chi connectivity index (χ0v) is 16.5. The molecule has 1 aromatic heterocycles. The average Bonchev–Trinajstić information content (AvgIpc) is 2.98. The van der Waals surface area contributed by atoms with Gasteiger partial charge in [0.2, 0.25) is 5.91 Å². The van der Waals surface area contributed by atoms with Crippen LogP contribution in [0.4, 0.5) is 5.69 Å². The van der Waals surface area contributed by atoms with Crippen molar-refractivity contribution in [1.29, 1.82) is 0 Å². The molecule has 2 N–H and O–H groups in total. The summed E-state index contributed by atoms with van der Waals surface area (Å²) in [6.07, 6.45) is 0. The molecule has 1 heterocycles. The molecular formula is C22H24N4O2. The fourth-order valence-electron chi connectivity index (χ4n) is 3.12. The van der Waals surface area contributed by atoms with Gasteiger partial charge in [0.1, 0.15) is 0 Å². The van der Waals surface area contributed by atoms with Crippen LogP contribution in [-0.4, -0.2) is 28.1 Å². The van der Waals surface area contributed by atoms with Crippen molar-refractivity contribution in [3.8, 4) is 5.69 Å². The van der Waals surface area contributed by atoms with Gasteiger partial charge in [-0.3, -0.25) is 9.59 Å². The third-order valence-electron chi connectivity index (χ3n) is 4.81. The van der Waals surface area contributed by atoms with Crippen molar-refractivity contribution < 1.29 is 9.59 Å². The maximum Gasteiger partial charge on any atom is 0.255 e. The minimum absolute atomic E-state index is 0.110. The Balaban J connectivity index is 1.69. The number of amides is 2. The number of benzene rings is 2. The minimum atomic E-state index is -0.312. The van der Waals surface area contributed by atoms with Crippen LogP contribution in [0, 0.1) is 27.7 Å². The molecule has 6 nitrogen and oxygen atoms in total. The number of carbonyl (C=O) groups excluding carboxylic acids is 2. The quantitative estimate of drug-likeness (QED) is 0.716. The van der Waals surface area contributed by atoms with Crippen LogP contribution in [0.2, 0.25) is 0 Å². The summed E-state index contributed by atoms with van der Waals surface area (Å²) in [6.45, 7) is 7.47. The van der Waals surface area contributed by atoms with E-state index in [1.165, 1.54) is 0 Å². The van der Waals surface area contributed by atoms with Crippen LogP contribution < -0.4 is 10.6 Å². The zero-order valence-electron chi connectivity index (χ0n) is 16.5. The predicted molar refractivity (Wildman–Crippen MR) is 110 cm³/mol. The summed E-state index contributed by atoms with van der Waals surface area (Å²) in [5, 5.41) is 10.0. The lowest BCUT2D eigenvalue weighted by Crippen LogP contribution is -2.33. The monoisotopic (exact) mass is 376 g/mol. The van der Waals surface area contributed by atoms with Crippen molar-refractivity contribution in [2.75, 3.05) is 11.9 Å². The van der Waals surface area contributed by atoms with E-state index in [0.29, 0.717) is 11.3 Å². The van der Waals surface area contributed by atoms with Crippen LogP contribution in [0.3, 0.4) is 0 Å². The molecule has 2 amide bonds. The normalized spacial score (nSPS) is 10.6. The molecule has 6 heteroatoms. The molecule has 144 valence electrons. The van der Waals surface area contributed by atoms with Gasteiger partial charge in [0.25, 0.3) is 5.91 Å². The van der Waals surface area contributed by atoms with Crippen molar-refractivity contribution in [2.24, 2.45) is 0 Å². The highest BCUT2D eigenvalue weighted by Crippen LogP contribution is 2.19. The lowest BCUT2D eigenvalue weighted by atomic mass is 10.1. The molecule has 2 aromatic carbocycles. The summed E-state index contributed by atoms with van der Waals surface area (Å²) in [6, 6.07) is 15.4. The summed E-state index contributed by atoms with van der Waals surface area (Å²) in [4.78, 5) is 24.9. The number of hydrogen-bond donors (Lipinski definition) is 2. The van der Waals surface area contributed by atoms with Gasteiger partial charge in [-0.15, -0.1) is 0 Å². The first kappa shape index (κ1) is 19.4. The van der Waals surface area contributed by atoms with Crippen molar-refractivity contribution in [3.63, 3.8) is 0 Å². The molecule has 0 bridgehead atoms. The average molecular weight is 376 g/mol. The van der Waals surface area contributed by atoms with E-state index in [2.05, 4.69) is 15.7 Å². The van der Waals surface area contributed by atoms with Crippen LogP contribution >= 0.6 is 0 Å². The van der Waals surface area contributed by atoms with Gasteiger partial charge in [0.15, 0.2) is 0 Å². The van der Waals surface area contributed by atoms with E-state index in [1.54, 1.807) is 11.6 Å². The third-order valence-corrected chi connectivity index (χ3v) is 4.81. The van der Waals surface area contributed by atoms with E-state index in [4.69, 9.17) is 0 Å². The Morgan fingerprint density at radius 1 is 0.964 bits per heavy atom.